The molecule has 1 atom stereocenters. The zero-order chi connectivity index (χ0) is 18.7. The molecule has 3 rings (SSSR count). The lowest BCUT2D eigenvalue weighted by Crippen LogP contribution is -2.31. The minimum absolute atomic E-state index is 0.0905. The maximum atomic E-state index is 12.3. The molecule has 1 aliphatic heterocycles. The summed E-state index contributed by atoms with van der Waals surface area (Å²) < 4.78 is 10.8. The smallest absolute Gasteiger partial charge is 0.338 e. The molecular formula is C19H15Cl2NO4. The van der Waals surface area contributed by atoms with Gasteiger partial charge in [-0.05, 0) is 37.3 Å². The number of amides is 1. The predicted molar refractivity (Wildman–Crippen MR) is 101 cm³/mol. The number of carbonyl (C=O) groups is 2. The van der Waals surface area contributed by atoms with Crippen LogP contribution in [0.3, 0.4) is 0 Å². The summed E-state index contributed by atoms with van der Waals surface area (Å²) in [6, 6.07) is 12.0. The number of hydrogen-bond acceptors (Lipinski definition) is 4. The molecular weight excluding hydrogens is 377 g/mol. The normalized spacial score (nSPS) is 13.7. The molecule has 1 heterocycles. The van der Waals surface area contributed by atoms with E-state index >= 15 is 0 Å². The zero-order valence-corrected chi connectivity index (χ0v) is 15.3. The third-order valence-corrected chi connectivity index (χ3v) is 4.28. The standard InChI is InChI=1S/C19H15Cl2NO4/c1-11(18(23)22-16-7-6-14(20)9-15(16)21)26-19(24)13-8-12-4-2-3-5-17(12)25-10-13/h2-9,11H,10H2,1H3,(H,22,23)/t11-/m1/s1. The molecule has 0 radical (unpaired) electrons. The van der Waals surface area contributed by atoms with Gasteiger partial charge in [-0.1, -0.05) is 41.4 Å². The first-order chi connectivity index (χ1) is 12.4. The Balaban J connectivity index is 1.64. The average molecular weight is 392 g/mol. The largest absolute Gasteiger partial charge is 0.488 e. The van der Waals surface area contributed by atoms with E-state index in [2.05, 4.69) is 5.32 Å². The predicted octanol–water partition coefficient (Wildman–Crippen LogP) is 4.34. The van der Waals surface area contributed by atoms with Crippen LogP contribution in [-0.4, -0.2) is 24.6 Å². The summed E-state index contributed by atoms with van der Waals surface area (Å²) in [5, 5.41) is 3.35. The average Bonchev–Trinajstić information content (AvgIpc) is 2.63. The third kappa shape index (κ3) is 4.18. The highest BCUT2D eigenvalue weighted by molar-refractivity contribution is 6.36. The number of halogens is 2. The number of nitrogens with one attached hydrogen (secondary N) is 1. The first-order valence-corrected chi connectivity index (χ1v) is 8.59. The Morgan fingerprint density at radius 2 is 1.96 bits per heavy atom. The zero-order valence-electron chi connectivity index (χ0n) is 13.8. The first kappa shape index (κ1) is 18.3. The number of fused-ring (bicyclic) bond motifs is 1. The topological polar surface area (TPSA) is 64.6 Å². The Bertz CT molecular complexity index is 895. The summed E-state index contributed by atoms with van der Waals surface area (Å²) in [6.45, 7) is 1.57. The van der Waals surface area contributed by atoms with Gasteiger partial charge in [0, 0.05) is 10.6 Å². The van der Waals surface area contributed by atoms with Crippen molar-refractivity contribution < 1.29 is 19.1 Å². The Morgan fingerprint density at radius 3 is 2.73 bits per heavy atom. The number of esters is 1. The Kier molecular flexibility index (Phi) is 5.49. The van der Waals surface area contributed by atoms with Crippen LogP contribution in [0.1, 0.15) is 12.5 Å². The molecule has 0 saturated carbocycles. The molecule has 2 aromatic carbocycles. The van der Waals surface area contributed by atoms with E-state index in [9.17, 15) is 9.59 Å². The summed E-state index contributed by atoms with van der Waals surface area (Å²) in [6.07, 6.45) is 0.689. The summed E-state index contributed by atoms with van der Waals surface area (Å²) in [5.74, 6) is -0.406. The molecule has 0 bridgehead atoms. The molecule has 7 heteroatoms. The molecule has 0 unspecified atom stereocenters. The molecule has 5 nitrogen and oxygen atoms in total. The molecule has 0 saturated heterocycles. The summed E-state index contributed by atoms with van der Waals surface area (Å²) >= 11 is 11.8. The molecule has 1 aliphatic rings. The first-order valence-electron chi connectivity index (χ1n) is 7.83. The van der Waals surface area contributed by atoms with Gasteiger partial charge < -0.3 is 14.8 Å². The highest BCUT2D eigenvalue weighted by Crippen LogP contribution is 2.27. The van der Waals surface area contributed by atoms with Gasteiger partial charge in [0.1, 0.15) is 12.4 Å². The molecule has 0 spiro atoms. The highest BCUT2D eigenvalue weighted by atomic mass is 35.5. The molecule has 0 fully saturated rings. The van der Waals surface area contributed by atoms with Gasteiger partial charge in [-0.3, -0.25) is 4.79 Å². The van der Waals surface area contributed by atoms with Crippen molar-refractivity contribution >= 4 is 46.8 Å². The Morgan fingerprint density at radius 1 is 1.19 bits per heavy atom. The number of ether oxygens (including phenoxy) is 2. The second-order valence-corrected chi connectivity index (χ2v) is 6.50. The lowest BCUT2D eigenvalue weighted by atomic mass is 10.1. The van der Waals surface area contributed by atoms with Gasteiger partial charge in [0.05, 0.1) is 16.3 Å². The maximum Gasteiger partial charge on any atom is 0.338 e. The molecule has 0 aromatic heterocycles. The van der Waals surface area contributed by atoms with Gasteiger partial charge in [-0.2, -0.15) is 0 Å². The van der Waals surface area contributed by atoms with Gasteiger partial charge in [0.25, 0.3) is 5.91 Å². The van der Waals surface area contributed by atoms with Crippen LogP contribution in [0.2, 0.25) is 10.0 Å². The Labute approximate surface area is 160 Å². The SMILES string of the molecule is C[C@@H](OC(=O)C1=Cc2ccccc2OC1)C(=O)Nc1ccc(Cl)cc1Cl. The van der Waals surface area contributed by atoms with Crippen LogP contribution in [0.15, 0.2) is 48.0 Å². The van der Waals surface area contributed by atoms with Crippen LogP contribution in [0.4, 0.5) is 5.69 Å². The lowest BCUT2D eigenvalue weighted by molar-refractivity contribution is -0.149. The van der Waals surface area contributed by atoms with Gasteiger partial charge >= 0.3 is 5.97 Å². The summed E-state index contributed by atoms with van der Waals surface area (Å²) in [5.41, 5.74) is 1.52. The van der Waals surface area contributed by atoms with Crippen molar-refractivity contribution in [3.8, 4) is 5.75 Å². The molecule has 1 N–H and O–H groups in total. The third-order valence-electron chi connectivity index (χ3n) is 3.74. The Hall–Kier alpha value is -2.50. The van der Waals surface area contributed by atoms with Crippen LogP contribution in [0, 0.1) is 0 Å². The van der Waals surface area contributed by atoms with E-state index in [4.69, 9.17) is 32.7 Å². The number of benzene rings is 2. The van der Waals surface area contributed by atoms with Crippen molar-refractivity contribution in [3.63, 3.8) is 0 Å². The van der Waals surface area contributed by atoms with Crippen molar-refractivity contribution in [1.82, 2.24) is 0 Å². The van der Waals surface area contributed by atoms with E-state index in [1.165, 1.54) is 13.0 Å². The number of hydrogen-bond donors (Lipinski definition) is 1. The van der Waals surface area contributed by atoms with Gasteiger partial charge in [0.15, 0.2) is 6.10 Å². The fraction of sp³-hybridized carbons (Fsp3) is 0.158. The van der Waals surface area contributed by atoms with Crippen molar-refractivity contribution in [3.05, 3.63) is 63.6 Å². The molecule has 2 aromatic rings. The van der Waals surface area contributed by atoms with Gasteiger partial charge in [0.2, 0.25) is 0 Å². The maximum absolute atomic E-state index is 12.3. The molecule has 0 aliphatic carbocycles. The van der Waals surface area contributed by atoms with Gasteiger partial charge in [-0.25, -0.2) is 4.79 Å². The quantitative estimate of drug-likeness (QED) is 0.787. The van der Waals surface area contributed by atoms with E-state index < -0.39 is 18.0 Å². The number of anilines is 1. The minimum Gasteiger partial charge on any atom is -0.488 e. The van der Waals surface area contributed by atoms with E-state index in [1.807, 2.05) is 24.3 Å². The van der Waals surface area contributed by atoms with E-state index in [0.717, 1.165) is 5.56 Å². The molecule has 1 amide bonds. The van der Waals surface area contributed by atoms with E-state index in [1.54, 1.807) is 18.2 Å². The van der Waals surface area contributed by atoms with Crippen LogP contribution >= 0.6 is 23.2 Å². The van der Waals surface area contributed by atoms with E-state index in [-0.39, 0.29) is 6.61 Å². The summed E-state index contributed by atoms with van der Waals surface area (Å²) in [7, 11) is 0. The van der Waals surface area contributed by atoms with Crippen LogP contribution in [0.25, 0.3) is 6.08 Å². The van der Waals surface area contributed by atoms with E-state index in [0.29, 0.717) is 27.1 Å². The van der Waals surface area contributed by atoms with Gasteiger partial charge in [-0.15, -0.1) is 0 Å². The highest BCUT2D eigenvalue weighted by Gasteiger charge is 2.23. The monoisotopic (exact) mass is 391 g/mol. The van der Waals surface area contributed by atoms with Crippen LogP contribution in [0.5, 0.6) is 5.75 Å². The summed E-state index contributed by atoms with van der Waals surface area (Å²) in [4.78, 5) is 24.5. The molecule has 134 valence electrons. The lowest BCUT2D eigenvalue weighted by Gasteiger charge is -2.19. The molecule has 26 heavy (non-hydrogen) atoms. The number of rotatable bonds is 4. The van der Waals surface area contributed by atoms with Crippen molar-refractivity contribution in [2.45, 2.75) is 13.0 Å². The second-order valence-electron chi connectivity index (χ2n) is 5.66. The number of para-hydroxylation sites is 1. The fourth-order valence-corrected chi connectivity index (χ4v) is 2.80. The second kappa shape index (κ2) is 7.81. The van der Waals surface area contributed by atoms with Crippen molar-refractivity contribution in [2.24, 2.45) is 0 Å². The minimum atomic E-state index is -1.01. The number of carbonyl (C=O) groups excluding carboxylic acids is 2. The van der Waals surface area contributed by atoms with Crippen LogP contribution < -0.4 is 10.1 Å². The van der Waals surface area contributed by atoms with Crippen molar-refractivity contribution in [1.29, 1.82) is 0 Å². The van der Waals surface area contributed by atoms with Crippen LogP contribution in [-0.2, 0) is 14.3 Å². The van der Waals surface area contributed by atoms with Crippen molar-refractivity contribution in [2.75, 3.05) is 11.9 Å². The fourth-order valence-electron chi connectivity index (χ4n) is 2.35.